The Morgan fingerprint density at radius 3 is 2.63 bits per heavy atom. The summed E-state index contributed by atoms with van der Waals surface area (Å²) in [4.78, 5) is 16.5. The molecule has 3 aromatic rings. The van der Waals surface area contributed by atoms with Gasteiger partial charge in [-0.1, -0.05) is 17.7 Å². The van der Waals surface area contributed by atoms with Gasteiger partial charge >= 0.3 is 0 Å². The quantitative estimate of drug-likeness (QED) is 0.677. The first kappa shape index (κ1) is 19.1. The van der Waals surface area contributed by atoms with Crippen molar-refractivity contribution >= 4 is 32.7 Å². The van der Waals surface area contributed by atoms with Crippen LogP contribution in [0.1, 0.15) is 23.4 Å². The van der Waals surface area contributed by atoms with E-state index in [4.69, 9.17) is 4.42 Å². The number of sulfonamides is 1. The zero-order valence-electron chi connectivity index (χ0n) is 15.4. The molecule has 2 aromatic carbocycles. The molecular formula is C19H21N3O4S. The van der Waals surface area contributed by atoms with Gasteiger partial charge in [-0.2, -0.15) is 0 Å². The molecule has 0 atom stereocenters. The molecule has 0 saturated carbocycles. The highest BCUT2D eigenvalue weighted by Gasteiger charge is 2.17. The number of amides is 1. The summed E-state index contributed by atoms with van der Waals surface area (Å²) in [6, 6.07) is 10.3. The van der Waals surface area contributed by atoms with Gasteiger partial charge in [-0.3, -0.25) is 4.79 Å². The van der Waals surface area contributed by atoms with Gasteiger partial charge in [0.05, 0.1) is 4.90 Å². The Labute approximate surface area is 157 Å². The molecule has 1 aromatic heterocycles. The zero-order valence-corrected chi connectivity index (χ0v) is 16.2. The lowest BCUT2D eigenvalue weighted by Crippen LogP contribution is -2.28. The second-order valence-electron chi connectivity index (χ2n) is 6.38. The number of aryl methyl sites for hydroxylation is 3. The molecule has 0 bridgehead atoms. The molecule has 0 spiro atoms. The predicted octanol–water partition coefficient (Wildman–Crippen LogP) is 3.06. The van der Waals surface area contributed by atoms with Crippen LogP contribution in [0.25, 0.3) is 11.1 Å². The Hall–Kier alpha value is -2.71. The molecule has 0 aliphatic rings. The van der Waals surface area contributed by atoms with Crippen LogP contribution in [0.2, 0.25) is 0 Å². The summed E-state index contributed by atoms with van der Waals surface area (Å²) in [6.45, 7) is 5.40. The Bertz CT molecular complexity index is 1100. The predicted molar refractivity (Wildman–Crippen MR) is 103 cm³/mol. The maximum atomic E-state index is 12.4. The monoisotopic (exact) mass is 387 g/mol. The van der Waals surface area contributed by atoms with Gasteiger partial charge in [0.15, 0.2) is 11.5 Å². The number of hydrogen-bond acceptors (Lipinski definition) is 5. The van der Waals surface area contributed by atoms with Crippen molar-refractivity contribution in [3.63, 3.8) is 0 Å². The first-order valence-electron chi connectivity index (χ1n) is 8.48. The molecule has 3 rings (SSSR count). The van der Waals surface area contributed by atoms with Gasteiger partial charge < -0.3 is 9.73 Å². The molecule has 2 N–H and O–H groups in total. The first-order chi connectivity index (χ1) is 12.7. The van der Waals surface area contributed by atoms with E-state index >= 15 is 0 Å². The minimum Gasteiger partial charge on any atom is -0.441 e. The van der Waals surface area contributed by atoms with E-state index in [1.807, 2.05) is 13.0 Å². The van der Waals surface area contributed by atoms with Gasteiger partial charge in [-0.05, 0) is 37.6 Å². The fourth-order valence-electron chi connectivity index (χ4n) is 2.82. The lowest BCUT2D eigenvalue weighted by molar-refractivity contribution is -0.116. The smallest absolute Gasteiger partial charge is 0.240 e. The van der Waals surface area contributed by atoms with Crippen molar-refractivity contribution in [2.45, 2.75) is 32.1 Å². The molecule has 1 heterocycles. The van der Waals surface area contributed by atoms with E-state index in [1.54, 1.807) is 44.2 Å². The van der Waals surface area contributed by atoms with Gasteiger partial charge in [0.1, 0.15) is 5.52 Å². The first-order valence-corrected chi connectivity index (χ1v) is 9.97. The number of carbonyl (C=O) groups is 1. The van der Waals surface area contributed by atoms with Crippen LogP contribution in [-0.4, -0.2) is 25.9 Å². The summed E-state index contributed by atoms with van der Waals surface area (Å²) in [5.41, 5.74) is 3.53. The molecule has 0 aliphatic carbocycles. The minimum absolute atomic E-state index is 0.00510. The van der Waals surface area contributed by atoms with Gasteiger partial charge in [0.2, 0.25) is 15.9 Å². The summed E-state index contributed by atoms with van der Waals surface area (Å²) in [7, 11) is -3.66. The molecule has 142 valence electrons. The molecule has 1 amide bonds. The molecule has 8 heteroatoms. The number of benzene rings is 2. The number of nitrogens with zero attached hydrogens (tertiary/aromatic N) is 1. The largest absolute Gasteiger partial charge is 0.441 e. The van der Waals surface area contributed by atoms with Gasteiger partial charge in [0.25, 0.3) is 0 Å². The van der Waals surface area contributed by atoms with Crippen molar-refractivity contribution in [1.29, 1.82) is 0 Å². The highest BCUT2D eigenvalue weighted by molar-refractivity contribution is 7.89. The standard InChI is InChI=1S/C19H21N3O4S/c1-12-4-7-18(13(2)10-12)27(24,25)20-9-8-19(23)22-15-5-6-16-17(11-15)26-14(3)21-16/h4-7,10-11,20H,8-9H2,1-3H3,(H,22,23). The van der Waals surface area contributed by atoms with Crippen molar-refractivity contribution in [2.75, 3.05) is 11.9 Å². The van der Waals surface area contributed by atoms with E-state index in [0.29, 0.717) is 28.2 Å². The van der Waals surface area contributed by atoms with Crippen LogP contribution >= 0.6 is 0 Å². The molecule has 0 saturated heterocycles. The summed E-state index contributed by atoms with van der Waals surface area (Å²) in [5.74, 6) is 0.253. The van der Waals surface area contributed by atoms with E-state index < -0.39 is 10.0 Å². The van der Waals surface area contributed by atoms with Crippen molar-refractivity contribution in [3.05, 3.63) is 53.4 Å². The highest BCUT2D eigenvalue weighted by Crippen LogP contribution is 2.20. The van der Waals surface area contributed by atoms with Crippen molar-refractivity contribution in [2.24, 2.45) is 0 Å². The van der Waals surface area contributed by atoms with Crippen LogP contribution in [0.15, 0.2) is 45.7 Å². The number of hydrogen-bond donors (Lipinski definition) is 2. The lowest BCUT2D eigenvalue weighted by atomic mass is 10.2. The average molecular weight is 387 g/mol. The van der Waals surface area contributed by atoms with Crippen molar-refractivity contribution in [1.82, 2.24) is 9.71 Å². The Morgan fingerprint density at radius 2 is 1.89 bits per heavy atom. The van der Waals surface area contributed by atoms with Gasteiger partial charge in [0, 0.05) is 31.6 Å². The third-order valence-electron chi connectivity index (χ3n) is 4.04. The summed E-state index contributed by atoms with van der Waals surface area (Å²) in [5, 5.41) is 2.73. The SMILES string of the molecule is Cc1ccc(S(=O)(=O)NCCC(=O)Nc2ccc3nc(C)oc3c2)c(C)c1. The molecule has 7 nitrogen and oxygen atoms in total. The van der Waals surface area contributed by atoms with Gasteiger partial charge in [-0.15, -0.1) is 0 Å². The number of oxazole rings is 1. The van der Waals surface area contributed by atoms with Crippen LogP contribution in [0.5, 0.6) is 0 Å². The maximum absolute atomic E-state index is 12.4. The third-order valence-corrected chi connectivity index (χ3v) is 5.66. The summed E-state index contributed by atoms with van der Waals surface area (Å²) in [6.07, 6.45) is 0.0115. The molecular weight excluding hydrogens is 366 g/mol. The maximum Gasteiger partial charge on any atom is 0.240 e. The van der Waals surface area contributed by atoms with Crippen LogP contribution in [0.4, 0.5) is 5.69 Å². The lowest BCUT2D eigenvalue weighted by Gasteiger charge is -2.10. The van der Waals surface area contributed by atoms with E-state index in [-0.39, 0.29) is 23.8 Å². The molecule has 0 radical (unpaired) electrons. The Morgan fingerprint density at radius 1 is 1.11 bits per heavy atom. The normalized spacial score (nSPS) is 11.7. The van der Waals surface area contributed by atoms with Crippen molar-refractivity contribution in [3.8, 4) is 0 Å². The minimum atomic E-state index is -3.66. The van der Waals surface area contributed by atoms with E-state index in [2.05, 4.69) is 15.0 Å². The Kier molecular flexibility index (Phi) is 5.29. The fraction of sp³-hybridized carbons (Fsp3) is 0.263. The number of fused-ring (bicyclic) bond motifs is 1. The van der Waals surface area contributed by atoms with Gasteiger partial charge in [-0.25, -0.2) is 18.1 Å². The number of nitrogens with one attached hydrogen (secondary N) is 2. The molecule has 0 unspecified atom stereocenters. The fourth-order valence-corrected chi connectivity index (χ4v) is 4.07. The second kappa shape index (κ2) is 7.50. The van der Waals surface area contributed by atoms with Crippen molar-refractivity contribution < 1.29 is 17.6 Å². The zero-order chi connectivity index (χ0) is 19.6. The van der Waals surface area contributed by atoms with E-state index in [1.165, 1.54) is 0 Å². The third kappa shape index (κ3) is 4.53. The topological polar surface area (TPSA) is 101 Å². The van der Waals surface area contributed by atoms with E-state index in [9.17, 15) is 13.2 Å². The Balaban J connectivity index is 1.58. The molecule has 27 heavy (non-hydrogen) atoms. The second-order valence-corrected chi connectivity index (χ2v) is 8.12. The van der Waals surface area contributed by atoms with Crippen LogP contribution < -0.4 is 10.0 Å². The van der Waals surface area contributed by atoms with Crippen LogP contribution in [0, 0.1) is 20.8 Å². The average Bonchev–Trinajstić information content (AvgIpc) is 2.93. The highest BCUT2D eigenvalue weighted by atomic mass is 32.2. The number of anilines is 1. The number of aromatic nitrogens is 1. The van der Waals surface area contributed by atoms with Crippen LogP contribution in [-0.2, 0) is 14.8 Å². The number of rotatable bonds is 6. The molecule has 0 aliphatic heterocycles. The summed E-state index contributed by atoms with van der Waals surface area (Å²) < 4.78 is 32.7. The van der Waals surface area contributed by atoms with E-state index in [0.717, 1.165) is 5.56 Å². The number of carbonyl (C=O) groups excluding carboxylic acids is 1. The molecule has 0 fully saturated rings. The summed E-state index contributed by atoms with van der Waals surface area (Å²) >= 11 is 0. The van der Waals surface area contributed by atoms with Crippen LogP contribution in [0.3, 0.4) is 0 Å².